The van der Waals surface area contributed by atoms with E-state index in [1.54, 1.807) is 0 Å². The van der Waals surface area contributed by atoms with Crippen molar-refractivity contribution >= 4 is 5.91 Å². The van der Waals surface area contributed by atoms with E-state index in [1.807, 2.05) is 6.07 Å². The highest BCUT2D eigenvalue weighted by molar-refractivity contribution is 5.82. The molecule has 0 saturated carbocycles. The molecule has 0 N–H and O–H groups in total. The zero-order chi connectivity index (χ0) is 13.9. The fraction of sp³-hybridized carbons (Fsp3) is 0.588. The molecule has 2 aliphatic rings. The summed E-state index contributed by atoms with van der Waals surface area (Å²) in [6.45, 7) is 1.98. The van der Waals surface area contributed by atoms with Crippen molar-refractivity contribution in [1.29, 1.82) is 0 Å². The van der Waals surface area contributed by atoms with Gasteiger partial charge in [-0.2, -0.15) is 0 Å². The molecular formula is C17H24N2O. The average Bonchev–Trinajstić information content (AvgIpc) is 2.97. The summed E-state index contributed by atoms with van der Waals surface area (Å²) >= 11 is 0. The molecule has 2 saturated heterocycles. The van der Waals surface area contributed by atoms with Crippen LogP contribution in [0.5, 0.6) is 0 Å². The van der Waals surface area contributed by atoms with Gasteiger partial charge in [0.2, 0.25) is 5.91 Å². The second-order valence-electron chi connectivity index (χ2n) is 6.09. The lowest BCUT2D eigenvalue weighted by Gasteiger charge is -2.36. The fourth-order valence-electron chi connectivity index (χ4n) is 3.63. The van der Waals surface area contributed by atoms with Gasteiger partial charge < -0.3 is 4.90 Å². The third-order valence-corrected chi connectivity index (χ3v) is 4.78. The minimum Gasteiger partial charge on any atom is -0.334 e. The van der Waals surface area contributed by atoms with Gasteiger partial charge in [-0.1, -0.05) is 36.8 Å². The van der Waals surface area contributed by atoms with Crippen LogP contribution in [0, 0.1) is 0 Å². The molecular weight excluding hydrogens is 248 g/mol. The van der Waals surface area contributed by atoms with Crippen molar-refractivity contribution in [1.82, 2.24) is 9.80 Å². The van der Waals surface area contributed by atoms with Crippen LogP contribution in [0.1, 0.15) is 43.7 Å². The molecule has 20 heavy (non-hydrogen) atoms. The van der Waals surface area contributed by atoms with Crippen molar-refractivity contribution in [2.45, 2.75) is 44.2 Å². The second kappa shape index (κ2) is 5.96. The lowest BCUT2D eigenvalue weighted by molar-refractivity contribution is -0.138. The van der Waals surface area contributed by atoms with E-state index < -0.39 is 0 Å². The van der Waals surface area contributed by atoms with Gasteiger partial charge in [0.05, 0.1) is 12.1 Å². The first-order valence-electron chi connectivity index (χ1n) is 7.83. The second-order valence-corrected chi connectivity index (χ2v) is 6.09. The van der Waals surface area contributed by atoms with E-state index >= 15 is 0 Å². The molecule has 2 atom stereocenters. The van der Waals surface area contributed by atoms with Gasteiger partial charge in [-0.05, 0) is 44.8 Å². The summed E-state index contributed by atoms with van der Waals surface area (Å²) in [5.41, 5.74) is 1.29. The van der Waals surface area contributed by atoms with Crippen LogP contribution in [0.15, 0.2) is 30.3 Å². The topological polar surface area (TPSA) is 23.6 Å². The number of benzene rings is 1. The van der Waals surface area contributed by atoms with E-state index in [9.17, 15) is 4.79 Å². The largest absolute Gasteiger partial charge is 0.334 e. The maximum absolute atomic E-state index is 12.9. The highest BCUT2D eigenvalue weighted by Crippen LogP contribution is 2.33. The Morgan fingerprint density at radius 2 is 1.85 bits per heavy atom. The van der Waals surface area contributed by atoms with Crippen molar-refractivity contribution in [2.24, 2.45) is 0 Å². The number of carbonyl (C=O) groups excluding carboxylic acids is 1. The number of likely N-dealkylation sites (tertiary alicyclic amines) is 2. The summed E-state index contributed by atoms with van der Waals surface area (Å²) in [4.78, 5) is 17.2. The summed E-state index contributed by atoms with van der Waals surface area (Å²) in [6, 6.07) is 10.9. The number of hydrogen-bond acceptors (Lipinski definition) is 2. The Morgan fingerprint density at radius 1 is 1.05 bits per heavy atom. The summed E-state index contributed by atoms with van der Waals surface area (Å²) in [6.07, 6.45) is 5.66. The third-order valence-electron chi connectivity index (χ3n) is 4.78. The Morgan fingerprint density at radius 3 is 2.60 bits per heavy atom. The summed E-state index contributed by atoms with van der Waals surface area (Å²) in [5.74, 6) is 0.346. The standard InChI is InChI=1S/C17H24N2O/c1-18-12-6-5-10-16(18)17(20)19-13-7-11-15(19)14-8-3-2-4-9-14/h2-4,8-9,15-16H,5-7,10-13H2,1H3/t15-,16+/m1/s1. The molecule has 2 fully saturated rings. The van der Waals surface area contributed by atoms with Gasteiger partial charge in [0.25, 0.3) is 0 Å². The van der Waals surface area contributed by atoms with Gasteiger partial charge in [0.1, 0.15) is 0 Å². The van der Waals surface area contributed by atoms with E-state index in [0.29, 0.717) is 11.9 Å². The highest BCUT2D eigenvalue weighted by Gasteiger charge is 2.36. The zero-order valence-corrected chi connectivity index (χ0v) is 12.3. The predicted molar refractivity (Wildman–Crippen MR) is 80.4 cm³/mol. The SMILES string of the molecule is CN1CCCC[C@H]1C(=O)N1CCC[C@@H]1c1ccccc1. The summed E-state index contributed by atoms with van der Waals surface area (Å²) in [7, 11) is 2.09. The smallest absolute Gasteiger partial charge is 0.240 e. The fourth-order valence-corrected chi connectivity index (χ4v) is 3.63. The van der Waals surface area contributed by atoms with Gasteiger partial charge in [-0.25, -0.2) is 0 Å². The Kier molecular flexibility index (Phi) is 4.06. The molecule has 0 spiro atoms. The van der Waals surface area contributed by atoms with Gasteiger partial charge in [0, 0.05) is 6.54 Å². The number of nitrogens with zero attached hydrogens (tertiary/aromatic N) is 2. The van der Waals surface area contributed by atoms with E-state index in [2.05, 4.69) is 41.1 Å². The molecule has 0 aliphatic carbocycles. The number of carbonyl (C=O) groups is 1. The molecule has 1 aromatic carbocycles. The van der Waals surface area contributed by atoms with E-state index in [-0.39, 0.29) is 6.04 Å². The van der Waals surface area contributed by atoms with Gasteiger partial charge in [-0.15, -0.1) is 0 Å². The van der Waals surface area contributed by atoms with E-state index in [4.69, 9.17) is 0 Å². The highest BCUT2D eigenvalue weighted by atomic mass is 16.2. The normalized spacial score (nSPS) is 27.8. The lowest BCUT2D eigenvalue weighted by atomic mass is 10.00. The van der Waals surface area contributed by atoms with Gasteiger partial charge >= 0.3 is 0 Å². The Hall–Kier alpha value is -1.35. The number of piperidine rings is 1. The molecule has 3 rings (SSSR count). The number of amides is 1. The van der Waals surface area contributed by atoms with Crippen LogP contribution >= 0.6 is 0 Å². The molecule has 2 heterocycles. The maximum Gasteiger partial charge on any atom is 0.240 e. The Labute approximate surface area is 121 Å². The molecule has 1 amide bonds. The molecule has 3 nitrogen and oxygen atoms in total. The minimum absolute atomic E-state index is 0.105. The van der Waals surface area contributed by atoms with Crippen LogP contribution < -0.4 is 0 Å². The molecule has 0 unspecified atom stereocenters. The Balaban J connectivity index is 1.76. The molecule has 108 valence electrons. The lowest BCUT2D eigenvalue weighted by Crippen LogP contribution is -2.49. The van der Waals surface area contributed by atoms with Crippen LogP contribution in [-0.2, 0) is 4.79 Å². The van der Waals surface area contributed by atoms with Crippen molar-refractivity contribution in [3.63, 3.8) is 0 Å². The van der Waals surface area contributed by atoms with Crippen molar-refractivity contribution < 1.29 is 4.79 Å². The van der Waals surface area contributed by atoms with Crippen LogP contribution in [0.2, 0.25) is 0 Å². The van der Waals surface area contributed by atoms with Crippen LogP contribution in [0.4, 0.5) is 0 Å². The summed E-state index contributed by atoms with van der Waals surface area (Å²) < 4.78 is 0. The number of likely N-dealkylation sites (N-methyl/N-ethyl adjacent to an activating group) is 1. The van der Waals surface area contributed by atoms with Gasteiger partial charge in [0.15, 0.2) is 0 Å². The number of rotatable bonds is 2. The zero-order valence-electron chi connectivity index (χ0n) is 12.3. The maximum atomic E-state index is 12.9. The van der Waals surface area contributed by atoms with Crippen LogP contribution in [0.25, 0.3) is 0 Å². The monoisotopic (exact) mass is 272 g/mol. The number of hydrogen-bond donors (Lipinski definition) is 0. The quantitative estimate of drug-likeness (QED) is 0.826. The van der Waals surface area contributed by atoms with Crippen LogP contribution in [0.3, 0.4) is 0 Å². The van der Waals surface area contributed by atoms with E-state index in [1.165, 1.54) is 18.4 Å². The Bertz CT molecular complexity index is 459. The minimum atomic E-state index is 0.105. The first-order valence-corrected chi connectivity index (χ1v) is 7.83. The molecule has 0 aromatic heterocycles. The molecule has 2 aliphatic heterocycles. The molecule has 3 heteroatoms. The van der Waals surface area contributed by atoms with Crippen molar-refractivity contribution in [3.05, 3.63) is 35.9 Å². The van der Waals surface area contributed by atoms with E-state index in [0.717, 1.165) is 32.4 Å². The molecule has 1 aromatic rings. The van der Waals surface area contributed by atoms with Crippen molar-refractivity contribution in [2.75, 3.05) is 20.1 Å². The average molecular weight is 272 g/mol. The third kappa shape index (κ3) is 2.59. The molecule has 0 radical (unpaired) electrons. The van der Waals surface area contributed by atoms with Gasteiger partial charge in [-0.3, -0.25) is 9.69 Å². The van der Waals surface area contributed by atoms with Crippen molar-refractivity contribution in [3.8, 4) is 0 Å². The van der Waals surface area contributed by atoms with Crippen LogP contribution in [-0.4, -0.2) is 41.9 Å². The summed E-state index contributed by atoms with van der Waals surface area (Å²) in [5, 5.41) is 0. The molecule has 0 bridgehead atoms. The predicted octanol–water partition coefficient (Wildman–Crippen LogP) is 2.83. The first kappa shape index (κ1) is 13.6. The first-order chi connectivity index (χ1) is 9.77.